The molecule has 1 N–H and O–H groups in total. The summed E-state index contributed by atoms with van der Waals surface area (Å²) in [6.45, 7) is 0. The van der Waals surface area contributed by atoms with Gasteiger partial charge in [-0.15, -0.1) is 0 Å². The molecule has 0 radical (unpaired) electrons. The molecule has 1 aromatic rings. The van der Waals surface area contributed by atoms with E-state index in [2.05, 4.69) is 0 Å². The lowest BCUT2D eigenvalue weighted by Crippen LogP contribution is -2.02. The predicted octanol–water partition coefficient (Wildman–Crippen LogP) is 3.25. The first-order valence-corrected chi connectivity index (χ1v) is 5.43. The normalized spacial score (nSPS) is 9.92. The Kier molecular flexibility index (Phi) is 3.59. The topological polar surface area (TPSA) is 37.3 Å². The molecular formula is C7H3ClI2O2. The minimum Gasteiger partial charge on any atom is -0.478 e. The van der Waals surface area contributed by atoms with E-state index in [9.17, 15) is 4.79 Å². The van der Waals surface area contributed by atoms with Crippen molar-refractivity contribution in [3.05, 3.63) is 29.9 Å². The lowest BCUT2D eigenvalue weighted by molar-refractivity contribution is 0.0694. The molecular weight excluding hydrogens is 405 g/mol. The molecule has 0 aliphatic rings. The highest BCUT2D eigenvalue weighted by Gasteiger charge is 2.12. The van der Waals surface area contributed by atoms with Gasteiger partial charge in [0.25, 0.3) is 0 Å². The SMILES string of the molecule is O=C(O)c1c(I)cc(Cl)cc1I. The number of carbonyl (C=O) groups is 1. The Morgan fingerprint density at radius 2 is 1.75 bits per heavy atom. The highest BCUT2D eigenvalue weighted by atomic mass is 127. The van der Waals surface area contributed by atoms with E-state index in [0.717, 1.165) is 0 Å². The van der Waals surface area contributed by atoms with Gasteiger partial charge in [0.1, 0.15) is 0 Å². The summed E-state index contributed by atoms with van der Waals surface area (Å²) in [4.78, 5) is 10.7. The summed E-state index contributed by atoms with van der Waals surface area (Å²) in [5.41, 5.74) is 0.320. The van der Waals surface area contributed by atoms with Gasteiger partial charge >= 0.3 is 5.97 Å². The molecule has 2 nitrogen and oxygen atoms in total. The first-order valence-electron chi connectivity index (χ1n) is 2.90. The van der Waals surface area contributed by atoms with Crippen LogP contribution in [0.2, 0.25) is 5.02 Å². The minimum absolute atomic E-state index is 0.320. The van der Waals surface area contributed by atoms with E-state index in [0.29, 0.717) is 17.7 Å². The molecule has 0 atom stereocenters. The van der Waals surface area contributed by atoms with Gasteiger partial charge in [-0.1, -0.05) is 11.6 Å². The van der Waals surface area contributed by atoms with Crippen LogP contribution in [0.5, 0.6) is 0 Å². The quantitative estimate of drug-likeness (QED) is 0.725. The van der Waals surface area contributed by atoms with Gasteiger partial charge in [-0.25, -0.2) is 4.79 Å². The van der Waals surface area contributed by atoms with E-state index in [-0.39, 0.29) is 0 Å². The van der Waals surface area contributed by atoms with Crippen molar-refractivity contribution in [3.63, 3.8) is 0 Å². The number of rotatable bonds is 1. The lowest BCUT2D eigenvalue weighted by atomic mass is 10.2. The summed E-state index contributed by atoms with van der Waals surface area (Å²) in [5.74, 6) is -0.916. The van der Waals surface area contributed by atoms with Gasteiger partial charge in [0.05, 0.1) is 5.56 Å². The van der Waals surface area contributed by atoms with Gasteiger partial charge < -0.3 is 5.11 Å². The van der Waals surface area contributed by atoms with Crippen molar-refractivity contribution in [2.45, 2.75) is 0 Å². The Labute approximate surface area is 102 Å². The Balaban J connectivity index is 3.38. The van der Waals surface area contributed by atoms with Gasteiger partial charge in [-0.05, 0) is 57.3 Å². The van der Waals surface area contributed by atoms with Crippen LogP contribution < -0.4 is 0 Å². The predicted molar refractivity (Wildman–Crippen MR) is 63.8 cm³/mol. The third kappa shape index (κ3) is 2.23. The molecule has 0 amide bonds. The molecule has 64 valence electrons. The zero-order valence-corrected chi connectivity index (χ0v) is 10.7. The van der Waals surface area contributed by atoms with Crippen LogP contribution in [0.1, 0.15) is 10.4 Å². The first-order chi connectivity index (χ1) is 5.52. The number of hydrogen-bond acceptors (Lipinski definition) is 1. The molecule has 0 unspecified atom stereocenters. The van der Waals surface area contributed by atoms with Gasteiger partial charge in [0.15, 0.2) is 0 Å². The van der Waals surface area contributed by atoms with Gasteiger partial charge in [0.2, 0.25) is 0 Å². The second-order valence-corrected chi connectivity index (χ2v) is 4.81. The van der Waals surface area contributed by atoms with E-state index in [1.165, 1.54) is 0 Å². The average molecular weight is 408 g/mol. The number of aromatic carboxylic acids is 1. The van der Waals surface area contributed by atoms with Crippen LogP contribution in [0.3, 0.4) is 0 Å². The molecule has 0 aromatic heterocycles. The van der Waals surface area contributed by atoms with E-state index < -0.39 is 5.97 Å². The Bertz CT molecular complexity index is 315. The maximum atomic E-state index is 10.7. The maximum absolute atomic E-state index is 10.7. The smallest absolute Gasteiger partial charge is 0.337 e. The van der Waals surface area contributed by atoms with Gasteiger partial charge in [0, 0.05) is 12.2 Å². The van der Waals surface area contributed by atoms with Crippen molar-refractivity contribution in [2.75, 3.05) is 0 Å². The van der Waals surface area contributed by atoms with Crippen molar-refractivity contribution < 1.29 is 9.90 Å². The van der Waals surface area contributed by atoms with Crippen LogP contribution >= 0.6 is 56.8 Å². The Morgan fingerprint density at radius 1 is 1.33 bits per heavy atom. The summed E-state index contributed by atoms with van der Waals surface area (Å²) in [7, 11) is 0. The minimum atomic E-state index is -0.916. The van der Waals surface area contributed by atoms with Gasteiger partial charge in [-0.3, -0.25) is 0 Å². The van der Waals surface area contributed by atoms with Crippen molar-refractivity contribution >= 4 is 62.8 Å². The highest BCUT2D eigenvalue weighted by Crippen LogP contribution is 2.23. The fourth-order valence-electron chi connectivity index (χ4n) is 0.747. The molecule has 0 aliphatic carbocycles. The van der Waals surface area contributed by atoms with Gasteiger partial charge in [-0.2, -0.15) is 0 Å². The highest BCUT2D eigenvalue weighted by molar-refractivity contribution is 14.1. The second-order valence-electron chi connectivity index (χ2n) is 2.05. The van der Waals surface area contributed by atoms with E-state index >= 15 is 0 Å². The van der Waals surface area contributed by atoms with Crippen molar-refractivity contribution in [3.8, 4) is 0 Å². The molecule has 0 aliphatic heterocycles. The van der Waals surface area contributed by atoms with Crippen LogP contribution in [0.4, 0.5) is 0 Å². The van der Waals surface area contributed by atoms with Crippen molar-refractivity contribution in [1.82, 2.24) is 0 Å². The van der Waals surface area contributed by atoms with E-state index in [1.54, 1.807) is 12.1 Å². The van der Waals surface area contributed by atoms with E-state index in [1.807, 2.05) is 45.2 Å². The Morgan fingerprint density at radius 3 is 2.08 bits per heavy atom. The molecule has 12 heavy (non-hydrogen) atoms. The Hall–Kier alpha value is 0.440. The number of carboxylic acids is 1. The molecule has 0 heterocycles. The number of benzene rings is 1. The fourth-order valence-corrected chi connectivity index (χ4v) is 3.56. The molecule has 0 bridgehead atoms. The zero-order valence-electron chi connectivity index (χ0n) is 5.64. The number of carboxylic acid groups (broad SMARTS) is 1. The van der Waals surface area contributed by atoms with E-state index in [4.69, 9.17) is 16.7 Å². The largest absolute Gasteiger partial charge is 0.478 e. The molecule has 1 aromatic carbocycles. The zero-order chi connectivity index (χ0) is 9.30. The fraction of sp³-hybridized carbons (Fsp3) is 0. The van der Waals surface area contributed by atoms with Crippen LogP contribution in [0.15, 0.2) is 12.1 Å². The number of hydrogen-bond donors (Lipinski definition) is 1. The first kappa shape index (κ1) is 10.5. The van der Waals surface area contributed by atoms with Crippen LogP contribution in [-0.4, -0.2) is 11.1 Å². The van der Waals surface area contributed by atoms with Crippen LogP contribution in [-0.2, 0) is 0 Å². The molecule has 5 heteroatoms. The monoisotopic (exact) mass is 408 g/mol. The van der Waals surface area contributed by atoms with Crippen LogP contribution in [0.25, 0.3) is 0 Å². The van der Waals surface area contributed by atoms with Crippen molar-refractivity contribution in [2.24, 2.45) is 0 Å². The molecule has 0 saturated carbocycles. The molecule has 0 spiro atoms. The molecule has 0 fully saturated rings. The third-order valence-corrected chi connectivity index (χ3v) is 3.14. The molecule has 0 saturated heterocycles. The summed E-state index contributed by atoms with van der Waals surface area (Å²) >= 11 is 9.64. The van der Waals surface area contributed by atoms with Crippen molar-refractivity contribution in [1.29, 1.82) is 0 Å². The second kappa shape index (κ2) is 4.10. The standard InChI is InChI=1S/C7H3ClI2O2/c8-3-1-4(9)6(7(11)12)5(10)2-3/h1-2H,(H,11,12). The lowest BCUT2D eigenvalue weighted by Gasteiger charge is -2.02. The van der Waals surface area contributed by atoms with Crippen LogP contribution in [0, 0.1) is 7.14 Å². The average Bonchev–Trinajstić information content (AvgIpc) is 1.82. The number of halogens is 3. The summed E-state index contributed by atoms with van der Waals surface area (Å²) in [6.07, 6.45) is 0. The summed E-state index contributed by atoms with van der Waals surface area (Å²) in [5, 5.41) is 9.35. The summed E-state index contributed by atoms with van der Waals surface area (Å²) < 4.78 is 1.33. The molecule has 1 rings (SSSR count). The third-order valence-electron chi connectivity index (χ3n) is 1.22. The summed E-state index contributed by atoms with van der Waals surface area (Å²) in [6, 6.07) is 3.27. The maximum Gasteiger partial charge on any atom is 0.337 e.